The number of rotatable bonds is 11. The molecule has 1 heterocycles. The maximum atomic E-state index is 13.5. The Balaban J connectivity index is 1.74. The number of nitrogens with zero attached hydrogens (tertiary/aromatic N) is 1. The van der Waals surface area contributed by atoms with Crippen molar-refractivity contribution < 1.29 is 14.3 Å². The second kappa shape index (κ2) is 11.1. The van der Waals surface area contributed by atoms with Crippen LogP contribution in [-0.2, 0) is 0 Å². The van der Waals surface area contributed by atoms with Crippen molar-refractivity contribution in [1.29, 1.82) is 0 Å². The van der Waals surface area contributed by atoms with Crippen LogP contribution < -0.4 is 9.47 Å². The minimum absolute atomic E-state index is 0.0856. The highest BCUT2D eigenvalue weighted by Crippen LogP contribution is 2.42. The lowest BCUT2D eigenvalue weighted by Crippen LogP contribution is -2.28. The molecular weight excluding hydrogens is 489 g/mol. The molecule has 2 aromatic carbocycles. The Labute approximate surface area is 194 Å². The van der Waals surface area contributed by atoms with Gasteiger partial charge < -0.3 is 14.4 Å². The van der Waals surface area contributed by atoms with Crippen LogP contribution in [0.15, 0.2) is 42.5 Å². The number of hydrogen-bond donors (Lipinski definition) is 0. The summed E-state index contributed by atoms with van der Waals surface area (Å²) in [4.78, 5) is 15.8. The highest BCUT2D eigenvalue weighted by molar-refractivity contribution is 14.1. The van der Waals surface area contributed by atoms with Crippen LogP contribution in [-0.4, -0.2) is 43.0 Å². The van der Waals surface area contributed by atoms with E-state index in [4.69, 9.17) is 9.47 Å². The normalized spacial score (nSPS) is 17.6. The molecule has 0 aromatic heterocycles. The first-order valence-corrected chi connectivity index (χ1v) is 12.1. The lowest BCUT2D eigenvalue weighted by molar-refractivity contribution is 0.0886. The minimum Gasteiger partial charge on any atom is -0.491 e. The van der Waals surface area contributed by atoms with E-state index >= 15 is 0 Å². The number of hydrogen-bond acceptors (Lipinski definition) is 4. The highest BCUT2D eigenvalue weighted by atomic mass is 127. The molecule has 0 saturated carbocycles. The Morgan fingerprint density at radius 1 is 1.13 bits per heavy atom. The summed E-state index contributed by atoms with van der Waals surface area (Å²) in [5.74, 6) is 1.58. The van der Waals surface area contributed by atoms with Crippen molar-refractivity contribution in [3.05, 3.63) is 57.2 Å². The molecule has 0 radical (unpaired) electrons. The van der Waals surface area contributed by atoms with Gasteiger partial charge in [-0.2, -0.15) is 0 Å². The van der Waals surface area contributed by atoms with E-state index in [0.29, 0.717) is 6.61 Å². The smallest absolute Gasteiger partial charge is 0.174 e. The number of benzene rings is 2. The van der Waals surface area contributed by atoms with Crippen molar-refractivity contribution in [1.82, 2.24) is 4.90 Å². The Kier molecular flexibility index (Phi) is 8.57. The average molecular weight is 521 g/mol. The van der Waals surface area contributed by atoms with Crippen LogP contribution >= 0.6 is 22.6 Å². The van der Waals surface area contributed by atoms with E-state index in [1.54, 1.807) is 0 Å². The third kappa shape index (κ3) is 5.35. The molecule has 3 rings (SSSR count). The molecule has 0 N–H and O–H groups in total. The fourth-order valence-electron chi connectivity index (χ4n) is 3.99. The Morgan fingerprint density at radius 3 is 2.60 bits per heavy atom. The van der Waals surface area contributed by atoms with Gasteiger partial charge in [0.1, 0.15) is 24.2 Å². The average Bonchev–Trinajstić information content (AvgIpc) is 3.14. The summed E-state index contributed by atoms with van der Waals surface area (Å²) in [6, 6.07) is 13.7. The van der Waals surface area contributed by atoms with E-state index in [-0.39, 0.29) is 17.8 Å². The van der Waals surface area contributed by atoms with Crippen LogP contribution in [0.3, 0.4) is 0 Å². The lowest BCUT2D eigenvalue weighted by Gasteiger charge is -2.19. The second-order valence-electron chi connectivity index (χ2n) is 7.70. The number of carbonyl (C=O) groups is 1. The molecule has 0 unspecified atom stereocenters. The van der Waals surface area contributed by atoms with E-state index in [9.17, 15) is 4.79 Å². The van der Waals surface area contributed by atoms with Crippen LogP contribution in [0, 0.1) is 3.57 Å². The second-order valence-corrected chi connectivity index (χ2v) is 8.86. The molecule has 0 bridgehead atoms. The van der Waals surface area contributed by atoms with E-state index in [2.05, 4.69) is 48.3 Å². The molecule has 2 atom stereocenters. The third-order valence-electron chi connectivity index (χ3n) is 5.80. The zero-order valence-electron chi connectivity index (χ0n) is 18.2. The maximum absolute atomic E-state index is 13.5. The summed E-state index contributed by atoms with van der Waals surface area (Å²) < 4.78 is 13.1. The largest absolute Gasteiger partial charge is 0.491 e. The van der Waals surface area contributed by atoms with Gasteiger partial charge in [-0.1, -0.05) is 51.8 Å². The van der Waals surface area contributed by atoms with E-state index in [0.717, 1.165) is 65.1 Å². The zero-order chi connectivity index (χ0) is 21.5. The molecule has 2 aromatic rings. The molecular formula is C25H32INO3. The predicted molar refractivity (Wildman–Crippen MR) is 130 cm³/mol. The predicted octanol–water partition coefficient (Wildman–Crippen LogP) is 5.93. The van der Waals surface area contributed by atoms with Gasteiger partial charge in [0, 0.05) is 17.7 Å². The zero-order valence-corrected chi connectivity index (χ0v) is 20.4. The van der Waals surface area contributed by atoms with Gasteiger partial charge in [-0.15, -0.1) is 0 Å². The van der Waals surface area contributed by atoms with Crippen molar-refractivity contribution in [2.45, 2.75) is 52.1 Å². The highest BCUT2D eigenvalue weighted by Gasteiger charge is 2.39. The van der Waals surface area contributed by atoms with Crippen LogP contribution in [0.2, 0.25) is 0 Å². The van der Waals surface area contributed by atoms with Crippen molar-refractivity contribution in [2.75, 3.05) is 26.2 Å². The molecule has 0 spiro atoms. The van der Waals surface area contributed by atoms with Crippen molar-refractivity contribution in [3.8, 4) is 11.5 Å². The molecule has 0 aliphatic carbocycles. The minimum atomic E-state index is -0.238. The summed E-state index contributed by atoms with van der Waals surface area (Å²) in [6.07, 6.45) is 2.96. The summed E-state index contributed by atoms with van der Waals surface area (Å²) in [7, 11) is 0. The van der Waals surface area contributed by atoms with Gasteiger partial charge >= 0.3 is 0 Å². The van der Waals surface area contributed by atoms with E-state index in [1.165, 1.54) is 0 Å². The van der Waals surface area contributed by atoms with Gasteiger partial charge in [0.2, 0.25) is 0 Å². The molecule has 0 saturated heterocycles. The van der Waals surface area contributed by atoms with Gasteiger partial charge in [0.15, 0.2) is 5.78 Å². The number of ether oxygens (including phenoxy) is 2. The molecule has 5 heteroatoms. The van der Waals surface area contributed by atoms with Crippen LogP contribution in [0.4, 0.5) is 0 Å². The standard InChI is InChI=1S/C25H32INO3/c1-4-7-11-23-24(19-10-8-9-12-21(19)30-23)25(28)18-13-14-22(20(26)17-18)29-16-15-27(5-2)6-3/h8-10,12-14,17,23-24H,4-7,11,15-16H2,1-3H3/t23-,24+/m0/s1. The van der Waals surface area contributed by atoms with E-state index < -0.39 is 0 Å². The first-order valence-electron chi connectivity index (χ1n) is 11.0. The number of ketones is 1. The van der Waals surface area contributed by atoms with Gasteiger partial charge in [-0.25, -0.2) is 0 Å². The number of para-hydroxylation sites is 1. The van der Waals surface area contributed by atoms with Crippen molar-refractivity contribution in [2.24, 2.45) is 0 Å². The maximum Gasteiger partial charge on any atom is 0.174 e. The fourth-order valence-corrected chi connectivity index (χ4v) is 4.66. The summed E-state index contributed by atoms with van der Waals surface area (Å²) in [5.41, 5.74) is 1.74. The van der Waals surface area contributed by atoms with Crippen molar-refractivity contribution in [3.63, 3.8) is 0 Å². The van der Waals surface area contributed by atoms with Crippen molar-refractivity contribution >= 4 is 28.4 Å². The number of likely N-dealkylation sites (N-methyl/N-ethyl adjacent to an activating group) is 1. The summed E-state index contributed by atoms with van der Waals surface area (Å²) in [5, 5.41) is 0. The molecule has 4 nitrogen and oxygen atoms in total. The molecule has 0 amide bonds. The van der Waals surface area contributed by atoms with Gasteiger partial charge in [-0.3, -0.25) is 4.79 Å². The van der Waals surface area contributed by atoms with Gasteiger partial charge in [-0.05, 0) is 66.4 Å². The fraction of sp³-hybridized carbons (Fsp3) is 0.480. The van der Waals surface area contributed by atoms with Crippen LogP contribution in [0.1, 0.15) is 61.9 Å². The first-order chi connectivity index (χ1) is 14.6. The summed E-state index contributed by atoms with van der Waals surface area (Å²) >= 11 is 2.26. The molecule has 0 fully saturated rings. The number of Topliss-reactive ketones (excluding diaryl/α,β-unsaturated/α-hetero) is 1. The van der Waals surface area contributed by atoms with E-state index in [1.807, 2.05) is 42.5 Å². The lowest BCUT2D eigenvalue weighted by atomic mass is 9.86. The Bertz CT molecular complexity index is 850. The molecule has 1 aliphatic heterocycles. The number of carbonyl (C=O) groups excluding carboxylic acids is 1. The Morgan fingerprint density at radius 2 is 1.90 bits per heavy atom. The topological polar surface area (TPSA) is 38.8 Å². The SMILES string of the molecule is CCCC[C@@H]1Oc2ccccc2[C@H]1C(=O)c1ccc(OCCN(CC)CC)c(I)c1. The number of unbranched alkanes of at least 4 members (excludes halogenated alkanes) is 1. The number of fused-ring (bicyclic) bond motifs is 1. The molecule has 30 heavy (non-hydrogen) atoms. The van der Waals surface area contributed by atoms with Gasteiger partial charge in [0.05, 0.1) is 9.49 Å². The first kappa shape index (κ1) is 23.1. The quantitative estimate of drug-likeness (QED) is 0.272. The monoisotopic (exact) mass is 521 g/mol. The van der Waals surface area contributed by atoms with Crippen LogP contribution in [0.5, 0.6) is 11.5 Å². The molecule has 1 aliphatic rings. The summed E-state index contributed by atoms with van der Waals surface area (Å²) in [6.45, 7) is 10.1. The molecule has 162 valence electrons. The number of halogens is 1. The van der Waals surface area contributed by atoms with Crippen LogP contribution in [0.25, 0.3) is 0 Å². The Hall–Kier alpha value is -1.60. The third-order valence-corrected chi connectivity index (χ3v) is 6.65. The van der Waals surface area contributed by atoms with Gasteiger partial charge in [0.25, 0.3) is 0 Å².